The molecule has 0 aliphatic carbocycles. The van der Waals surface area contributed by atoms with Gasteiger partial charge in [-0.3, -0.25) is 19.3 Å². The van der Waals surface area contributed by atoms with Crippen LogP contribution in [0.25, 0.3) is 0 Å². The molecule has 1 aromatic rings. The Labute approximate surface area is 185 Å². The van der Waals surface area contributed by atoms with Gasteiger partial charge in [0.2, 0.25) is 17.7 Å². The standard InChI is InChI=1S/C23H36N4O4/c1-16(2)17(3)24-23(30)18-9-11-27(12-10-18)15-22(29)26(4)14-21(28)25-19-7-6-8-20(13-19)31-5/h6-8,13,16-18H,9-12,14-15H2,1-5H3,(H,24,30)(H,25,28). The van der Waals surface area contributed by atoms with E-state index in [1.165, 1.54) is 4.90 Å². The number of ether oxygens (including phenoxy) is 1. The lowest BCUT2D eigenvalue weighted by atomic mass is 9.95. The van der Waals surface area contributed by atoms with E-state index in [1.807, 2.05) is 6.92 Å². The van der Waals surface area contributed by atoms with Gasteiger partial charge in [0.1, 0.15) is 5.75 Å². The summed E-state index contributed by atoms with van der Waals surface area (Å²) in [6.45, 7) is 7.82. The minimum absolute atomic E-state index is 0.000997. The molecule has 1 atom stereocenters. The van der Waals surface area contributed by atoms with E-state index in [1.54, 1.807) is 38.4 Å². The highest BCUT2D eigenvalue weighted by molar-refractivity contribution is 5.94. The van der Waals surface area contributed by atoms with Crippen molar-refractivity contribution in [2.24, 2.45) is 11.8 Å². The molecular weight excluding hydrogens is 396 g/mol. The maximum atomic E-state index is 12.5. The molecule has 1 aliphatic heterocycles. The van der Waals surface area contributed by atoms with Gasteiger partial charge in [-0.05, 0) is 50.9 Å². The zero-order valence-electron chi connectivity index (χ0n) is 19.3. The van der Waals surface area contributed by atoms with E-state index in [-0.39, 0.29) is 42.8 Å². The lowest BCUT2D eigenvalue weighted by Crippen LogP contribution is -2.47. The second-order valence-electron chi connectivity index (χ2n) is 8.62. The number of piperidine rings is 1. The van der Waals surface area contributed by atoms with Gasteiger partial charge in [-0.15, -0.1) is 0 Å². The number of amides is 3. The average molecular weight is 433 g/mol. The van der Waals surface area contributed by atoms with Crippen LogP contribution >= 0.6 is 0 Å². The molecule has 2 rings (SSSR count). The van der Waals surface area contributed by atoms with E-state index in [4.69, 9.17) is 4.74 Å². The third-order valence-electron chi connectivity index (χ3n) is 5.85. The van der Waals surface area contributed by atoms with Crippen molar-refractivity contribution in [3.8, 4) is 5.75 Å². The van der Waals surface area contributed by atoms with Crippen LogP contribution in [0, 0.1) is 11.8 Å². The number of rotatable bonds is 9. The van der Waals surface area contributed by atoms with Crippen LogP contribution in [0.2, 0.25) is 0 Å². The SMILES string of the molecule is COc1cccc(NC(=O)CN(C)C(=O)CN2CCC(C(=O)NC(C)C(C)C)CC2)c1. The molecule has 8 nitrogen and oxygen atoms in total. The molecular formula is C23H36N4O4. The molecule has 0 saturated carbocycles. The second kappa shape index (κ2) is 11.7. The smallest absolute Gasteiger partial charge is 0.243 e. The lowest BCUT2D eigenvalue weighted by Gasteiger charge is -2.32. The molecule has 172 valence electrons. The van der Waals surface area contributed by atoms with Crippen molar-refractivity contribution in [2.45, 2.75) is 39.7 Å². The molecule has 0 bridgehead atoms. The highest BCUT2D eigenvalue weighted by atomic mass is 16.5. The average Bonchev–Trinajstić information content (AvgIpc) is 2.73. The predicted molar refractivity (Wildman–Crippen MR) is 121 cm³/mol. The second-order valence-corrected chi connectivity index (χ2v) is 8.62. The maximum Gasteiger partial charge on any atom is 0.243 e. The van der Waals surface area contributed by atoms with Gasteiger partial charge in [0.05, 0.1) is 20.2 Å². The quantitative estimate of drug-likeness (QED) is 0.623. The summed E-state index contributed by atoms with van der Waals surface area (Å²) in [5.74, 6) is 0.782. The predicted octanol–water partition coefficient (Wildman–Crippen LogP) is 1.96. The Bertz CT molecular complexity index is 760. The minimum atomic E-state index is -0.265. The Hall–Kier alpha value is -2.61. The van der Waals surface area contributed by atoms with Crippen LogP contribution in [-0.2, 0) is 14.4 Å². The van der Waals surface area contributed by atoms with Crippen LogP contribution in [0.15, 0.2) is 24.3 Å². The summed E-state index contributed by atoms with van der Waals surface area (Å²) in [6, 6.07) is 7.23. The van der Waals surface area contributed by atoms with Gasteiger partial charge in [0, 0.05) is 30.8 Å². The van der Waals surface area contributed by atoms with Crippen molar-refractivity contribution in [3.63, 3.8) is 0 Å². The van der Waals surface area contributed by atoms with Crippen molar-refractivity contribution in [1.29, 1.82) is 0 Å². The van der Waals surface area contributed by atoms with Crippen LogP contribution in [-0.4, -0.2) is 73.9 Å². The first-order valence-electron chi connectivity index (χ1n) is 10.9. The topological polar surface area (TPSA) is 91.0 Å². The van der Waals surface area contributed by atoms with Crippen LogP contribution in [0.3, 0.4) is 0 Å². The maximum absolute atomic E-state index is 12.5. The Morgan fingerprint density at radius 2 is 1.87 bits per heavy atom. The van der Waals surface area contributed by atoms with Crippen molar-refractivity contribution < 1.29 is 19.1 Å². The number of likely N-dealkylation sites (tertiary alicyclic amines) is 1. The fourth-order valence-corrected chi connectivity index (χ4v) is 3.38. The first kappa shape index (κ1) is 24.7. The summed E-state index contributed by atoms with van der Waals surface area (Å²) in [6.07, 6.45) is 1.48. The largest absolute Gasteiger partial charge is 0.497 e. The summed E-state index contributed by atoms with van der Waals surface area (Å²) in [5, 5.41) is 5.86. The number of hydrogen-bond donors (Lipinski definition) is 2. The van der Waals surface area contributed by atoms with Crippen molar-refractivity contribution >= 4 is 23.4 Å². The molecule has 0 spiro atoms. The summed E-state index contributed by atoms with van der Waals surface area (Å²) in [5.41, 5.74) is 0.623. The lowest BCUT2D eigenvalue weighted by molar-refractivity contribution is -0.135. The molecule has 1 heterocycles. The van der Waals surface area contributed by atoms with Gasteiger partial charge >= 0.3 is 0 Å². The number of likely N-dealkylation sites (N-methyl/N-ethyl adjacent to an activating group) is 1. The van der Waals surface area contributed by atoms with Crippen LogP contribution in [0.4, 0.5) is 5.69 Å². The molecule has 31 heavy (non-hydrogen) atoms. The van der Waals surface area contributed by atoms with Crippen molar-refractivity contribution in [2.75, 3.05) is 45.7 Å². The number of hydrogen-bond acceptors (Lipinski definition) is 5. The fraction of sp³-hybridized carbons (Fsp3) is 0.609. The van der Waals surface area contributed by atoms with Gasteiger partial charge < -0.3 is 20.3 Å². The number of carbonyl (C=O) groups is 3. The summed E-state index contributed by atoms with van der Waals surface area (Å²) < 4.78 is 5.15. The van der Waals surface area contributed by atoms with E-state index < -0.39 is 0 Å². The Morgan fingerprint density at radius 1 is 1.19 bits per heavy atom. The van der Waals surface area contributed by atoms with E-state index in [0.717, 1.165) is 12.8 Å². The van der Waals surface area contributed by atoms with Gasteiger partial charge in [-0.1, -0.05) is 19.9 Å². The first-order valence-corrected chi connectivity index (χ1v) is 10.9. The Balaban J connectivity index is 1.74. The number of nitrogens with one attached hydrogen (secondary N) is 2. The van der Waals surface area contributed by atoms with Gasteiger partial charge in [0.25, 0.3) is 0 Å². The highest BCUT2D eigenvalue weighted by Gasteiger charge is 2.27. The minimum Gasteiger partial charge on any atom is -0.497 e. The molecule has 8 heteroatoms. The van der Waals surface area contributed by atoms with Gasteiger partial charge in [-0.2, -0.15) is 0 Å². The zero-order valence-corrected chi connectivity index (χ0v) is 19.3. The van der Waals surface area contributed by atoms with Crippen LogP contribution in [0.5, 0.6) is 5.75 Å². The molecule has 1 aliphatic rings. The third kappa shape index (κ3) is 7.86. The molecule has 1 saturated heterocycles. The number of nitrogens with zero attached hydrogens (tertiary/aromatic N) is 2. The van der Waals surface area contributed by atoms with E-state index in [9.17, 15) is 14.4 Å². The van der Waals surface area contributed by atoms with Crippen LogP contribution in [0.1, 0.15) is 33.6 Å². The summed E-state index contributed by atoms with van der Waals surface area (Å²) in [4.78, 5) is 40.7. The van der Waals surface area contributed by atoms with Gasteiger partial charge in [-0.25, -0.2) is 0 Å². The number of benzene rings is 1. The molecule has 1 aromatic carbocycles. The van der Waals surface area contributed by atoms with Crippen LogP contribution < -0.4 is 15.4 Å². The molecule has 0 aromatic heterocycles. The Morgan fingerprint density at radius 3 is 2.48 bits per heavy atom. The molecule has 1 unspecified atom stereocenters. The first-order chi connectivity index (χ1) is 14.7. The molecule has 0 radical (unpaired) electrons. The third-order valence-corrected chi connectivity index (χ3v) is 5.85. The highest BCUT2D eigenvalue weighted by Crippen LogP contribution is 2.19. The van der Waals surface area contributed by atoms with Crippen molar-refractivity contribution in [3.05, 3.63) is 24.3 Å². The molecule has 2 N–H and O–H groups in total. The Kier molecular flexibility index (Phi) is 9.30. The molecule has 3 amide bonds. The van der Waals surface area contributed by atoms with E-state index >= 15 is 0 Å². The normalized spacial score (nSPS) is 15.9. The zero-order chi connectivity index (χ0) is 23.0. The van der Waals surface area contributed by atoms with Crippen molar-refractivity contribution in [1.82, 2.24) is 15.1 Å². The summed E-state index contributed by atoms with van der Waals surface area (Å²) in [7, 11) is 3.19. The fourth-order valence-electron chi connectivity index (χ4n) is 3.38. The van der Waals surface area contributed by atoms with E-state index in [2.05, 4.69) is 29.4 Å². The van der Waals surface area contributed by atoms with Gasteiger partial charge in [0.15, 0.2) is 0 Å². The number of methoxy groups -OCH3 is 1. The number of carbonyl (C=O) groups excluding carboxylic acids is 3. The summed E-state index contributed by atoms with van der Waals surface area (Å²) >= 11 is 0. The van der Waals surface area contributed by atoms with E-state index in [0.29, 0.717) is 30.4 Å². The monoisotopic (exact) mass is 432 g/mol. The number of anilines is 1. The molecule has 1 fully saturated rings.